The van der Waals surface area contributed by atoms with Crippen LogP contribution in [0, 0.1) is 11.8 Å². The second kappa shape index (κ2) is 4.96. The molecule has 15 heavy (non-hydrogen) atoms. The van der Waals surface area contributed by atoms with E-state index in [0.29, 0.717) is 12.3 Å². The first kappa shape index (κ1) is 11.8. The highest BCUT2D eigenvalue weighted by molar-refractivity contribution is 5.69. The summed E-state index contributed by atoms with van der Waals surface area (Å²) in [7, 11) is 0. The molecular weight excluding hydrogens is 192 g/mol. The van der Waals surface area contributed by atoms with Gasteiger partial charge < -0.3 is 5.11 Å². The number of carbonyl (C=O) groups is 1. The predicted molar refractivity (Wildman–Crippen MR) is 57.6 cm³/mol. The minimum Gasteiger partial charge on any atom is -0.481 e. The number of nitrogens with zero attached hydrogens (tertiary/aromatic N) is 1. The Kier molecular flexibility index (Phi) is 3.88. The van der Waals surface area contributed by atoms with Gasteiger partial charge in [-0.25, -0.2) is 0 Å². The average Bonchev–Trinajstić information content (AvgIpc) is 2.51. The molecule has 1 atom stereocenters. The van der Waals surface area contributed by atoms with Gasteiger partial charge in [-0.05, 0) is 17.9 Å². The number of hydrogen-bond acceptors (Lipinski definition) is 2. The number of H-pyrrole nitrogens is 1. The van der Waals surface area contributed by atoms with Crippen molar-refractivity contribution in [2.45, 2.75) is 33.6 Å². The molecule has 0 amide bonds. The zero-order valence-electron chi connectivity index (χ0n) is 9.45. The maximum atomic E-state index is 10.7. The van der Waals surface area contributed by atoms with Gasteiger partial charge >= 0.3 is 5.97 Å². The van der Waals surface area contributed by atoms with Gasteiger partial charge in [0.1, 0.15) is 0 Å². The highest BCUT2D eigenvalue weighted by atomic mass is 16.4. The van der Waals surface area contributed by atoms with Crippen LogP contribution in [0.15, 0.2) is 6.20 Å². The van der Waals surface area contributed by atoms with E-state index in [0.717, 1.165) is 17.7 Å². The molecule has 0 bridgehead atoms. The Bertz CT molecular complexity index is 331. The fourth-order valence-corrected chi connectivity index (χ4v) is 1.52. The van der Waals surface area contributed by atoms with Gasteiger partial charge in [-0.1, -0.05) is 20.8 Å². The Morgan fingerprint density at radius 2 is 2.13 bits per heavy atom. The standard InChI is InChI=1S/C11H18N2O2/c1-7(2)4-9-6-12-13-10(9)5-8(3)11(14)15/h6-8H,4-5H2,1-3H3,(H,12,13)(H,14,15). The lowest BCUT2D eigenvalue weighted by Crippen LogP contribution is -2.13. The van der Waals surface area contributed by atoms with Crippen LogP contribution in [-0.4, -0.2) is 21.3 Å². The second-order valence-corrected chi connectivity index (χ2v) is 4.42. The van der Waals surface area contributed by atoms with Crippen LogP contribution in [0.25, 0.3) is 0 Å². The van der Waals surface area contributed by atoms with Gasteiger partial charge in [0.25, 0.3) is 0 Å². The Labute approximate surface area is 89.7 Å². The zero-order valence-corrected chi connectivity index (χ0v) is 9.45. The molecule has 4 heteroatoms. The first-order chi connectivity index (χ1) is 7.00. The summed E-state index contributed by atoms with van der Waals surface area (Å²) >= 11 is 0. The monoisotopic (exact) mass is 210 g/mol. The summed E-state index contributed by atoms with van der Waals surface area (Å²) in [4.78, 5) is 10.7. The van der Waals surface area contributed by atoms with Crippen molar-refractivity contribution in [3.8, 4) is 0 Å². The van der Waals surface area contributed by atoms with Crippen molar-refractivity contribution >= 4 is 5.97 Å². The molecule has 0 aliphatic heterocycles. The van der Waals surface area contributed by atoms with Gasteiger partial charge in [-0.15, -0.1) is 0 Å². The van der Waals surface area contributed by atoms with E-state index in [2.05, 4.69) is 24.0 Å². The number of carboxylic acids is 1. The minimum atomic E-state index is -0.764. The number of aromatic nitrogens is 2. The molecule has 0 radical (unpaired) electrons. The number of hydrogen-bond donors (Lipinski definition) is 2. The fraction of sp³-hybridized carbons (Fsp3) is 0.636. The summed E-state index contributed by atoms with van der Waals surface area (Å²) in [6.45, 7) is 5.98. The summed E-state index contributed by atoms with van der Waals surface area (Å²) in [6.07, 6.45) is 3.26. The van der Waals surface area contributed by atoms with Crippen LogP contribution < -0.4 is 0 Å². The molecule has 2 N–H and O–H groups in total. The Morgan fingerprint density at radius 3 is 2.67 bits per heavy atom. The van der Waals surface area contributed by atoms with E-state index in [1.165, 1.54) is 0 Å². The third-order valence-electron chi connectivity index (χ3n) is 2.37. The van der Waals surface area contributed by atoms with E-state index in [-0.39, 0.29) is 5.92 Å². The highest BCUT2D eigenvalue weighted by Crippen LogP contribution is 2.15. The van der Waals surface area contributed by atoms with E-state index in [9.17, 15) is 4.79 Å². The van der Waals surface area contributed by atoms with Crippen LogP contribution in [0.3, 0.4) is 0 Å². The van der Waals surface area contributed by atoms with Crippen molar-refractivity contribution < 1.29 is 9.90 Å². The van der Waals surface area contributed by atoms with Crippen molar-refractivity contribution in [3.05, 3.63) is 17.5 Å². The maximum absolute atomic E-state index is 10.7. The molecule has 1 rings (SSSR count). The summed E-state index contributed by atoms with van der Waals surface area (Å²) in [6, 6.07) is 0. The van der Waals surface area contributed by atoms with Crippen LogP contribution in [-0.2, 0) is 17.6 Å². The normalized spacial score (nSPS) is 13.1. The van der Waals surface area contributed by atoms with Crippen molar-refractivity contribution in [1.29, 1.82) is 0 Å². The summed E-state index contributed by atoms with van der Waals surface area (Å²) in [5, 5.41) is 15.7. The lowest BCUT2D eigenvalue weighted by atomic mass is 9.98. The lowest BCUT2D eigenvalue weighted by Gasteiger charge is -2.08. The molecule has 84 valence electrons. The van der Waals surface area contributed by atoms with Crippen molar-refractivity contribution in [2.75, 3.05) is 0 Å². The smallest absolute Gasteiger partial charge is 0.306 e. The summed E-state index contributed by atoms with van der Waals surface area (Å²) in [5.41, 5.74) is 2.09. The Hall–Kier alpha value is -1.32. The minimum absolute atomic E-state index is 0.364. The quantitative estimate of drug-likeness (QED) is 0.779. The number of aromatic amines is 1. The number of carboxylic acid groups (broad SMARTS) is 1. The number of aliphatic carboxylic acids is 1. The molecule has 0 aromatic carbocycles. The van der Waals surface area contributed by atoms with Crippen LogP contribution >= 0.6 is 0 Å². The first-order valence-corrected chi connectivity index (χ1v) is 5.24. The maximum Gasteiger partial charge on any atom is 0.306 e. The largest absolute Gasteiger partial charge is 0.481 e. The molecule has 1 unspecified atom stereocenters. The average molecular weight is 210 g/mol. The summed E-state index contributed by atoms with van der Waals surface area (Å²) in [5.74, 6) is -0.571. The van der Waals surface area contributed by atoms with Crippen molar-refractivity contribution in [3.63, 3.8) is 0 Å². The molecule has 4 nitrogen and oxygen atoms in total. The van der Waals surface area contributed by atoms with E-state index in [4.69, 9.17) is 5.11 Å². The van der Waals surface area contributed by atoms with Crippen LogP contribution in [0.5, 0.6) is 0 Å². The van der Waals surface area contributed by atoms with Gasteiger partial charge in [-0.2, -0.15) is 5.10 Å². The van der Waals surface area contributed by atoms with Gasteiger partial charge in [0.2, 0.25) is 0 Å². The molecule has 0 fully saturated rings. The predicted octanol–water partition coefficient (Wildman–Crippen LogP) is 1.87. The number of nitrogens with one attached hydrogen (secondary N) is 1. The Balaban J connectivity index is 2.68. The molecule has 1 aromatic heterocycles. The van der Waals surface area contributed by atoms with E-state index in [1.807, 2.05) is 0 Å². The zero-order chi connectivity index (χ0) is 11.4. The third kappa shape index (κ3) is 3.38. The lowest BCUT2D eigenvalue weighted by molar-refractivity contribution is -0.141. The fourth-order valence-electron chi connectivity index (χ4n) is 1.52. The molecule has 1 heterocycles. The molecule has 0 spiro atoms. The van der Waals surface area contributed by atoms with Gasteiger partial charge in [0, 0.05) is 12.1 Å². The van der Waals surface area contributed by atoms with Crippen LogP contribution in [0.1, 0.15) is 32.0 Å². The highest BCUT2D eigenvalue weighted by Gasteiger charge is 2.15. The van der Waals surface area contributed by atoms with Gasteiger partial charge in [0.05, 0.1) is 12.1 Å². The molecule has 0 aliphatic carbocycles. The van der Waals surface area contributed by atoms with E-state index >= 15 is 0 Å². The third-order valence-corrected chi connectivity index (χ3v) is 2.37. The van der Waals surface area contributed by atoms with Crippen LogP contribution in [0.2, 0.25) is 0 Å². The van der Waals surface area contributed by atoms with Crippen molar-refractivity contribution in [1.82, 2.24) is 10.2 Å². The summed E-state index contributed by atoms with van der Waals surface area (Å²) < 4.78 is 0. The van der Waals surface area contributed by atoms with E-state index in [1.54, 1.807) is 13.1 Å². The molecule has 0 aliphatic rings. The SMILES string of the molecule is CC(C)Cc1cn[nH]c1CC(C)C(=O)O. The topological polar surface area (TPSA) is 66.0 Å². The second-order valence-electron chi connectivity index (χ2n) is 4.42. The molecule has 0 saturated carbocycles. The molecule has 0 saturated heterocycles. The van der Waals surface area contributed by atoms with E-state index < -0.39 is 5.97 Å². The van der Waals surface area contributed by atoms with Gasteiger partial charge in [0.15, 0.2) is 0 Å². The van der Waals surface area contributed by atoms with Crippen molar-refractivity contribution in [2.24, 2.45) is 11.8 Å². The first-order valence-electron chi connectivity index (χ1n) is 5.24. The molecule has 1 aromatic rings. The number of rotatable bonds is 5. The Morgan fingerprint density at radius 1 is 1.47 bits per heavy atom. The van der Waals surface area contributed by atoms with Crippen LogP contribution in [0.4, 0.5) is 0 Å². The molecular formula is C11H18N2O2. The van der Waals surface area contributed by atoms with Gasteiger partial charge in [-0.3, -0.25) is 9.89 Å².